The second-order valence-electron chi connectivity index (χ2n) is 4.27. The van der Waals surface area contributed by atoms with E-state index >= 15 is 0 Å². The summed E-state index contributed by atoms with van der Waals surface area (Å²) >= 11 is 2.77. The van der Waals surface area contributed by atoms with Crippen LogP contribution in [0.5, 0.6) is 0 Å². The van der Waals surface area contributed by atoms with Crippen LogP contribution in [0, 0.1) is 25.2 Å². The summed E-state index contributed by atoms with van der Waals surface area (Å²) in [4.78, 5) is 16.7. The normalized spacial score (nSPS) is 10.2. The number of nitriles is 1. The molecule has 2 rings (SSSR count). The van der Waals surface area contributed by atoms with E-state index in [1.807, 2.05) is 25.1 Å². The molecule has 0 bridgehead atoms. The molecule has 0 aliphatic heterocycles. The molecule has 0 aliphatic carbocycles. The molecule has 0 saturated carbocycles. The maximum Gasteiger partial charge on any atom is 0.308 e. The van der Waals surface area contributed by atoms with Crippen molar-refractivity contribution in [2.24, 2.45) is 0 Å². The van der Waals surface area contributed by atoms with Crippen molar-refractivity contribution in [3.05, 3.63) is 39.9 Å². The van der Waals surface area contributed by atoms with Crippen molar-refractivity contribution >= 4 is 29.1 Å². The van der Waals surface area contributed by atoms with Crippen LogP contribution in [-0.4, -0.2) is 16.1 Å². The summed E-state index contributed by atoms with van der Waals surface area (Å²) < 4.78 is 0.763. The summed E-state index contributed by atoms with van der Waals surface area (Å²) in [6.45, 7) is 3.74. The molecule has 20 heavy (non-hydrogen) atoms. The Balaban J connectivity index is 2.27. The molecule has 0 unspecified atom stereocenters. The van der Waals surface area contributed by atoms with E-state index in [0.717, 1.165) is 25.4 Å². The summed E-state index contributed by atoms with van der Waals surface area (Å²) in [5, 5.41) is 18.0. The molecule has 1 aromatic heterocycles. The lowest BCUT2D eigenvalue weighted by atomic mass is 10.2. The first-order chi connectivity index (χ1) is 9.49. The number of aromatic nitrogens is 1. The van der Waals surface area contributed by atoms with E-state index in [9.17, 15) is 4.79 Å². The molecule has 6 heteroatoms. The number of carboxylic acids is 1. The lowest BCUT2D eigenvalue weighted by Crippen LogP contribution is -1.99. The van der Waals surface area contributed by atoms with Crippen LogP contribution in [0.3, 0.4) is 0 Å². The predicted octanol–water partition coefficient (Wildman–Crippen LogP) is 3.41. The van der Waals surface area contributed by atoms with E-state index in [4.69, 9.17) is 10.4 Å². The minimum absolute atomic E-state index is 0.0108. The van der Waals surface area contributed by atoms with Crippen molar-refractivity contribution in [1.82, 2.24) is 4.98 Å². The van der Waals surface area contributed by atoms with Crippen molar-refractivity contribution in [1.29, 1.82) is 5.26 Å². The third kappa shape index (κ3) is 3.38. The van der Waals surface area contributed by atoms with Crippen LogP contribution in [-0.2, 0) is 11.2 Å². The van der Waals surface area contributed by atoms with Crippen LogP contribution >= 0.6 is 23.1 Å². The van der Waals surface area contributed by atoms with Crippen molar-refractivity contribution in [3.8, 4) is 6.07 Å². The molecule has 0 radical (unpaired) electrons. The highest BCUT2D eigenvalue weighted by atomic mass is 32.2. The average Bonchev–Trinajstić information content (AvgIpc) is 2.71. The molecule has 0 saturated heterocycles. The average molecular weight is 304 g/mol. The molecule has 4 nitrogen and oxygen atoms in total. The van der Waals surface area contributed by atoms with Crippen LogP contribution in [0.2, 0.25) is 0 Å². The fourth-order valence-corrected chi connectivity index (χ4v) is 3.90. The smallest absolute Gasteiger partial charge is 0.308 e. The van der Waals surface area contributed by atoms with Gasteiger partial charge in [-0.05, 0) is 31.5 Å². The Labute approximate surface area is 125 Å². The molecule has 1 N–H and O–H groups in total. The monoisotopic (exact) mass is 304 g/mol. The zero-order valence-electron chi connectivity index (χ0n) is 11.0. The van der Waals surface area contributed by atoms with Gasteiger partial charge < -0.3 is 5.11 Å². The molecular weight excluding hydrogens is 292 g/mol. The van der Waals surface area contributed by atoms with E-state index in [1.165, 1.54) is 23.1 Å². The number of aryl methyl sites for hydroxylation is 2. The molecule has 0 fully saturated rings. The molecule has 1 aromatic carbocycles. The van der Waals surface area contributed by atoms with Gasteiger partial charge in [-0.1, -0.05) is 17.8 Å². The minimum Gasteiger partial charge on any atom is -0.481 e. The van der Waals surface area contributed by atoms with Crippen molar-refractivity contribution in [3.63, 3.8) is 0 Å². The molecule has 0 spiro atoms. The predicted molar refractivity (Wildman–Crippen MR) is 78.2 cm³/mol. The Bertz CT molecular complexity index is 702. The lowest BCUT2D eigenvalue weighted by Gasteiger charge is -2.01. The topological polar surface area (TPSA) is 74.0 Å². The molecule has 0 amide bonds. The molecule has 2 aromatic rings. The van der Waals surface area contributed by atoms with E-state index in [-0.39, 0.29) is 6.42 Å². The summed E-state index contributed by atoms with van der Waals surface area (Å²) in [5.74, 6) is -0.860. The number of hydrogen-bond acceptors (Lipinski definition) is 5. The molecule has 0 atom stereocenters. The van der Waals surface area contributed by atoms with Gasteiger partial charge in [0, 0.05) is 9.77 Å². The molecule has 1 heterocycles. The van der Waals surface area contributed by atoms with Gasteiger partial charge in [0.1, 0.15) is 6.07 Å². The van der Waals surface area contributed by atoms with Crippen LogP contribution in [0.1, 0.15) is 21.7 Å². The zero-order chi connectivity index (χ0) is 14.7. The minimum atomic E-state index is -0.860. The third-order valence-corrected chi connectivity index (χ3v) is 4.93. The number of carbonyl (C=O) groups is 1. The number of nitrogens with zero attached hydrogens (tertiary/aromatic N) is 2. The Morgan fingerprint density at radius 2 is 2.25 bits per heavy atom. The van der Waals surface area contributed by atoms with Crippen molar-refractivity contribution in [2.75, 3.05) is 0 Å². The zero-order valence-corrected chi connectivity index (χ0v) is 12.6. The largest absolute Gasteiger partial charge is 0.481 e. The standard InChI is InChI=1S/C14H12N2O2S2/c1-8-3-4-11(10(5-8)7-15)19-14-16-9(2)12(20-14)6-13(17)18/h3-5H,6H2,1-2H3,(H,17,18). The second kappa shape index (κ2) is 6.07. The Morgan fingerprint density at radius 1 is 1.50 bits per heavy atom. The number of carboxylic acid groups (broad SMARTS) is 1. The summed E-state index contributed by atoms with van der Waals surface area (Å²) in [5.41, 5.74) is 2.39. The number of benzene rings is 1. The van der Waals surface area contributed by atoms with Gasteiger partial charge in [-0.2, -0.15) is 5.26 Å². The highest BCUT2D eigenvalue weighted by Gasteiger charge is 2.13. The summed E-state index contributed by atoms with van der Waals surface area (Å²) in [7, 11) is 0. The first-order valence-electron chi connectivity index (χ1n) is 5.86. The number of rotatable bonds is 4. The van der Waals surface area contributed by atoms with Crippen LogP contribution < -0.4 is 0 Å². The Morgan fingerprint density at radius 3 is 2.90 bits per heavy atom. The van der Waals surface area contributed by atoms with E-state index in [0.29, 0.717) is 5.56 Å². The number of thiazole rings is 1. The van der Waals surface area contributed by atoms with Crippen LogP contribution in [0.15, 0.2) is 27.4 Å². The molecule has 102 valence electrons. The van der Waals surface area contributed by atoms with Crippen LogP contribution in [0.25, 0.3) is 0 Å². The highest BCUT2D eigenvalue weighted by Crippen LogP contribution is 2.35. The quantitative estimate of drug-likeness (QED) is 0.937. The summed E-state index contributed by atoms with van der Waals surface area (Å²) in [6, 6.07) is 7.85. The highest BCUT2D eigenvalue weighted by molar-refractivity contribution is 8.01. The van der Waals surface area contributed by atoms with E-state index < -0.39 is 5.97 Å². The van der Waals surface area contributed by atoms with Gasteiger partial charge in [-0.25, -0.2) is 4.98 Å². The fraction of sp³-hybridized carbons (Fsp3) is 0.214. The van der Waals surface area contributed by atoms with Crippen LogP contribution in [0.4, 0.5) is 0 Å². The third-order valence-electron chi connectivity index (χ3n) is 2.64. The van der Waals surface area contributed by atoms with Gasteiger partial charge in [-0.3, -0.25) is 4.79 Å². The van der Waals surface area contributed by atoms with E-state index in [1.54, 1.807) is 6.92 Å². The fourth-order valence-electron chi connectivity index (χ4n) is 1.66. The second-order valence-corrected chi connectivity index (χ2v) is 6.65. The Hall–Kier alpha value is -1.84. The maximum atomic E-state index is 10.8. The van der Waals surface area contributed by atoms with E-state index in [2.05, 4.69) is 11.1 Å². The first-order valence-corrected chi connectivity index (χ1v) is 7.49. The number of aliphatic carboxylic acids is 1. The van der Waals surface area contributed by atoms with Crippen molar-refractivity contribution < 1.29 is 9.90 Å². The summed E-state index contributed by atoms with van der Waals surface area (Å²) in [6.07, 6.45) is -0.0108. The van der Waals surface area contributed by atoms with Gasteiger partial charge in [0.25, 0.3) is 0 Å². The lowest BCUT2D eigenvalue weighted by molar-refractivity contribution is -0.136. The molecule has 0 aliphatic rings. The first kappa shape index (κ1) is 14.6. The molecular formula is C14H12N2O2S2. The van der Waals surface area contributed by atoms with Gasteiger partial charge in [0.15, 0.2) is 4.34 Å². The maximum absolute atomic E-state index is 10.8. The Kier molecular flexibility index (Phi) is 4.42. The van der Waals surface area contributed by atoms with Crippen molar-refractivity contribution in [2.45, 2.75) is 29.5 Å². The van der Waals surface area contributed by atoms with Gasteiger partial charge in [-0.15, -0.1) is 11.3 Å². The number of hydrogen-bond donors (Lipinski definition) is 1. The van der Waals surface area contributed by atoms with Gasteiger partial charge in [0.2, 0.25) is 0 Å². The SMILES string of the molecule is Cc1ccc(Sc2nc(C)c(CC(=O)O)s2)c(C#N)c1. The van der Waals surface area contributed by atoms with Gasteiger partial charge in [0.05, 0.1) is 17.7 Å². The van der Waals surface area contributed by atoms with Gasteiger partial charge >= 0.3 is 5.97 Å².